The molecule has 3 rings (SSSR count). The first-order valence-electron chi connectivity index (χ1n) is 7.47. The predicted octanol–water partition coefficient (Wildman–Crippen LogP) is 3.99. The van der Waals surface area contributed by atoms with E-state index >= 15 is 0 Å². The topological polar surface area (TPSA) is 55.1 Å². The van der Waals surface area contributed by atoms with Crippen molar-refractivity contribution < 1.29 is 9.21 Å². The fourth-order valence-electron chi connectivity index (χ4n) is 2.37. The van der Waals surface area contributed by atoms with Crippen LogP contribution in [0.4, 0.5) is 0 Å². The fraction of sp³-hybridized carbons (Fsp3) is 0.222. The molecule has 3 aromatic rings. The second-order valence-electron chi connectivity index (χ2n) is 5.35. The van der Waals surface area contributed by atoms with Gasteiger partial charge in [0.25, 0.3) is 5.91 Å². The van der Waals surface area contributed by atoms with Crippen molar-refractivity contribution in [3.63, 3.8) is 0 Å². The lowest BCUT2D eigenvalue weighted by Gasteiger charge is -2.05. The Labute approximate surface area is 139 Å². The minimum Gasteiger partial charge on any atom is -0.469 e. The number of carbonyl (C=O) groups excluding carboxylic acids is 1. The van der Waals surface area contributed by atoms with Crippen LogP contribution in [0.15, 0.2) is 46.4 Å². The molecule has 0 aliphatic rings. The Kier molecular flexibility index (Phi) is 4.57. The molecule has 0 saturated carbocycles. The van der Waals surface area contributed by atoms with E-state index in [1.165, 1.54) is 11.8 Å². The van der Waals surface area contributed by atoms with E-state index in [0.29, 0.717) is 17.9 Å². The average molecular weight is 326 g/mol. The summed E-state index contributed by atoms with van der Waals surface area (Å²) >= 11 is 1.65. The number of nitrogens with zero attached hydrogens (tertiary/aromatic N) is 1. The summed E-state index contributed by atoms with van der Waals surface area (Å²) in [5.41, 5.74) is 3.92. The van der Waals surface area contributed by atoms with E-state index in [-0.39, 0.29) is 5.91 Å². The first kappa shape index (κ1) is 15.5. The van der Waals surface area contributed by atoms with Crippen LogP contribution in [0.25, 0.3) is 11.3 Å². The highest BCUT2D eigenvalue weighted by Crippen LogP contribution is 2.21. The number of benzene rings is 1. The summed E-state index contributed by atoms with van der Waals surface area (Å²) in [6.45, 7) is 4.39. The number of hydrogen-bond donors (Lipinski definition) is 1. The van der Waals surface area contributed by atoms with Crippen LogP contribution in [0.2, 0.25) is 0 Å². The van der Waals surface area contributed by atoms with Gasteiger partial charge in [0.2, 0.25) is 0 Å². The Bertz CT molecular complexity index is 803. The third kappa shape index (κ3) is 3.68. The summed E-state index contributed by atoms with van der Waals surface area (Å²) in [5, 5.41) is 6.05. The second-order valence-corrected chi connectivity index (χ2v) is 6.41. The highest BCUT2D eigenvalue weighted by atomic mass is 32.1. The minimum absolute atomic E-state index is 0.0918. The van der Waals surface area contributed by atoms with Crippen molar-refractivity contribution in [2.24, 2.45) is 0 Å². The summed E-state index contributed by atoms with van der Waals surface area (Å²) in [5.74, 6) is 0.552. The van der Waals surface area contributed by atoms with Crippen molar-refractivity contribution in [3.8, 4) is 11.3 Å². The van der Waals surface area contributed by atoms with Gasteiger partial charge in [-0.05, 0) is 31.9 Å². The Hall–Kier alpha value is -2.40. The van der Waals surface area contributed by atoms with Gasteiger partial charge in [0.1, 0.15) is 5.76 Å². The highest BCUT2D eigenvalue weighted by Gasteiger charge is 2.10. The van der Waals surface area contributed by atoms with Crippen molar-refractivity contribution in [2.45, 2.75) is 20.3 Å². The van der Waals surface area contributed by atoms with E-state index in [1.807, 2.05) is 6.92 Å². The maximum Gasteiger partial charge on any atom is 0.254 e. The van der Waals surface area contributed by atoms with E-state index in [2.05, 4.69) is 39.9 Å². The highest BCUT2D eigenvalue weighted by molar-refractivity contribution is 7.09. The van der Waals surface area contributed by atoms with Crippen LogP contribution in [0, 0.1) is 13.8 Å². The third-order valence-electron chi connectivity index (χ3n) is 3.67. The summed E-state index contributed by atoms with van der Waals surface area (Å²) in [7, 11) is 0. The normalized spacial score (nSPS) is 10.7. The van der Waals surface area contributed by atoms with Gasteiger partial charge in [-0.15, -0.1) is 11.3 Å². The lowest BCUT2D eigenvalue weighted by molar-refractivity contribution is 0.0952. The zero-order chi connectivity index (χ0) is 16.2. The number of hydrogen-bond acceptors (Lipinski definition) is 4. The van der Waals surface area contributed by atoms with Crippen LogP contribution >= 0.6 is 11.3 Å². The van der Waals surface area contributed by atoms with E-state index in [9.17, 15) is 4.79 Å². The molecule has 23 heavy (non-hydrogen) atoms. The van der Waals surface area contributed by atoms with Gasteiger partial charge in [0.15, 0.2) is 0 Å². The van der Waals surface area contributed by atoms with Gasteiger partial charge in [0, 0.05) is 17.5 Å². The Morgan fingerprint density at radius 2 is 2.00 bits per heavy atom. The van der Waals surface area contributed by atoms with Crippen LogP contribution in [0.3, 0.4) is 0 Å². The smallest absolute Gasteiger partial charge is 0.254 e. The molecular formula is C18H18N2O2S. The number of thiazole rings is 1. The standard InChI is InChI=1S/C18H18N2O2S/c1-12-16(8-10-22-12)18(21)19-9-7-14-3-5-15(6-4-14)17-11-23-13(2)20-17/h3-6,8,10-11H,7,9H2,1-2H3,(H,19,21). The molecule has 1 aromatic carbocycles. The molecule has 0 saturated heterocycles. The monoisotopic (exact) mass is 326 g/mol. The van der Waals surface area contributed by atoms with Crippen LogP contribution in [-0.2, 0) is 6.42 Å². The molecule has 1 amide bonds. The number of rotatable bonds is 5. The summed E-state index contributed by atoms with van der Waals surface area (Å²) in [6.07, 6.45) is 2.32. The van der Waals surface area contributed by atoms with E-state index in [4.69, 9.17) is 4.42 Å². The SMILES string of the molecule is Cc1nc(-c2ccc(CCNC(=O)c3ccoc3C)cc2)cs1. The number of furan rings is 1. The average Bonchev–Trinajstić information content (AvgIpc) is 3.16. The molecule has 0 fully saturated rings. The number of aryl methyl sites for hydroxylation is 2. The van der Waals surface area contributed by atoms with Gasteiger partial charge in [0.05, 0.1) is 22.5 Å². The largest absolute Gasteiger partial charge is 0.469 e. The third-order valence-corrected chi connectivity index (χ3v) is 4.44. The number of aromatic nitrogens is 1. The van der Waals surface area contributed by atoms with Crippen molar-refractivity contribution >= 4 is 17.2 Å². The summed E-state index contributed by atoms with van der Waals surface area (Å²) in [6, 6.07) is 10.0. The van der Waals surface area contributed by atoms with Crippen LogP contribution in [0.5, 0.6) is 0 Å². The van der Waals surface area contributed by atoms with Gasteiger partial charge < -0.3 is 9.73 Å². The Morgan fingerprint density at radius 3 is 2.61 bits per heavy atom. The van der Waals surface area contributed by atoms with Crippen LogP contribution < -0.4 is 5.32 Å². The molecule has 4 nitrogen and oxygen atoms in total. The summed E-state index contributed by atoms with van der Waals surface area (Å²) in [4.78, 5) is 16.5. The first-order chi connectivity index (χ1) is 11.1. The molecule has 0 aliphatic carbocycles. The van der Waals surface area contributed by atoms with Crippen molar-refractivity contribution in [2.75, 3.05) is 6.54 Å². The molecule has 1 N–H and O–H groups in total. The minimum atomic E-state index is -0.0918. The van der Waals surface area contributed by atoms with E-state index < -0.39 is 0 Å². The molecule has 0 atom stereocenters. The zero-order valence-electron chi connectivity index (χ0n) is 13.1. The molecule has 2 heterocycles. The molecule has 118 valence electrons. The first-order valence-corrected chi connectivity index (χ1v) is 8.35. The maximum atomic E-state index is 12.0. The van der Waals surface area contributed by atoms with Crippen molar-refractivity contribution in [1.29, 1.82) is 0 Å². The number of amides is 1. The Morgan fingerprint density at radius 1 is 1.22 bits per heavy atom. The quantitative estimate of drug-likeness (QED) is 0.771. The number of carbonyl (C=O) groups is 1. The van der Waals surface area contributed by atoms with E-state index in [1.54, 1.807) is 24.3 Å². The zero-order valence-corrected chi connectivity index (χ0v) is 13.9. The lowest BCUT2D eigenvalue weighted by atomic mass is 10.1. The van der Waals surface area contributed by atoms with Gasteiger partial charge >= 0.3 is 0 Å². The maximum absolute atomic E-state index is 12.0. The predicted molar refractivity (Wildman–Crippen MR) is 91.8 cm³/mol. The van der Waals surface area contributed by atoms with Crippen LogP contribution in [0.1, 0.15) is 26.7 Å². The van der Waals surface area contributed by atoms with E-state index in [0.717, 1.165) is 22.7 Å². The molecule has 5 heteroatoms. The molecule has 2 aromatic heterocycles. The van der Waals surface area contributed by atoms with Gasteiger partial charge in [-0.3, -0.25) is 4.79 Å². The Balaban J connectivity index is 1.55. The lowest BCUT2D eigenvalue weighted by Crippen LogP contribution is -2.25. The van der Waals surface area contributed by atoms with Crippen molar-refractivity contribution in [3.05, 3.63) is 63.9 Å². The second kappa shape index (κ2) is 6.79. The molecule has 0 spiro atoms. The molecule has 0 bridgehead atoms. The molecule has 0 unspecified atom stereocenters. The fourth-order valence-corrected chi connectivity index (χ4v) is 3.00. The van der Waals surface area contributed by atoms with Gasteiger partial charge in [-0.2, -0.15) is 0 Å². The van der Waals surface area contributed by atoms with Crippen LogP contribution in [-0.4, -0.2) is 17.4 Å². The molecular weight excluding hydrogens is 308 g/mol. The van der Waals surface area contributed by atoms with Gasteiger partial charge in [-0.1, -0.05) is 24.3 Å². The van der Waals surface area contributed by atoms with Crippen molar-refractivity contribution in [1.82, 2.24) is 10.3 Å². The summed E-state index contributed by atoms with van der Waals surface area (Å²) < 4.78 is 5.14. The van der Waals surface area contributed by atoms with Gasteiger partial charge in [-0.25, -0.2) is 4.98 Å². The number of nitrogens with one attached hydrogen (secondary N) is 1. The molecule has 0 aliphatic heterocycles. The molecule has 0 radical (unpaired) electrons.